The Balaban J connectivity index is 2.66. The minimum absolute atomic E-state index is 0.0207. The third kappa shape index (κ3) is 3.64. The van der Waals surface area contributed by atoms with Crippen molar-refractivity contribution in [2.75, 3.05) is 25.0 Å². The average Bonchev–Trinajstić information content (AvgIpc) is 2.29. The van der Waals surface area contributed by atoms with Crippen molar-refractivity contribution in [3.63, 3.8) is 0 Å². The van der Waals surface area contributed by atoms with Crippen molar-refractivity contribution in [3.05, 3.63) is 27.8 Å². The predicted octanol–water partition coefficient (Wildman–Crippen LogP) is 2.14. The molecule has 5 heteroatoms. The third-order valence-electron chi connectivity index (χ3n) is 2.15. The van der Waals surface area contributed by atoms with Crippen LogP contribution in [0.4, 0.5) is 10.5 Å². The highest BCUT2D eigenvalue weighted by Crippen LogP contribution is 2.17. The Morgan fingerprint density at radius 2 is 2.19 bits per heavy atom. The molecule has 0 unspecified atom stereocenters. The summed E-state index contributed by atoms with van der Waals surface area (Å²) in [5.74, 6) is 0. The molecule has 1 aromatic rings. The van der Waals surface area contributed by atoms with Crippen LogP contribution in [-0.2, 0) is 0 Å². The standard InChI is InChI=1S/C11H15IN2O2/c1-2-14(7-8-15)11(16)13-10-6-4-3-5-9(10)12/h3-6,15H,2,7-8H2,1H3,(H,13,16). The molecule has 2 N–H and O–H groups in total. The number of carbonyl (C=O) groups is 1. The Bertz CT molecular complexity index is 358. The van der Waals surface area contributed by atoms with Crippen molar-refractivity contribution in [2.24, 2.45) is 0 Å². The van der Waals surface area contributed by atoms with Gasteiger partial charge in [-0.1, -0.05) is 12.1 Å². The number of nitrogens with zero attached hydrogens (tertiary/aromatic N) is 1. The first-order valence-electron chi connectivity index (χ1n) is 5.10. The SMILES string of the molecule is CCN(CCO)C(=O)Nc1ccccc1I. The number of nitrogens with one attached hydrogen (secondary N) is 1. The van der Waals surface area contributed by atoms with Crippen molar-refractivity contribution in [3.8, 4) is 0 Å². The van der Waals surface area contributed by atoms with Gasteiger partial charge in [0.05, 0.1) is 12.3 Å². The molecular formula is C11H15IN2O2. The van der Waals surface area contributed by atoms with Crippen LogP contribution in [-0.4, -0.2) is 35.7 Å². The molecule has 0 aliphatic heterocycles. The van der Waals surface area contributed by atoms with Gasteiger partial charge in [0.1, 0.15) is 0 Å². The third-order valence-corrected chi connectivity index (χ3v) is 3.09. The second-order valence-corrected chi connectivity index (χ2v) is 4.38. The first kappa shape index (κ1) is 13.2. The minimum atomic E-state index is -0.180. The second-order valence-electron chi connectivity index (χ2n) is 3.21. The molecule has 0 aromatic heterocycles. The number of anilines is 1. The Morgan fingerprint density at radius 3 is 2.75 bits per heavy atom. The van der Waals surface area contributed by atoms with Gasteiger partial charge in [0.25, 0.3) is 0 Å². The number of benzene rings is 1. The van der Waals surface area contributed by atoms with E-state index in [2.05, 4.69) is 27.9 Å². The zero-order valence-corrected chi connectivity index (χ0v) is 11.3. The van der Waals surface area contributed by atoms with Crippen LogP contribution < -0.4 is 5.32 Å². The summed E-state index contributed by atoms with van der Waals surface area (Å²) in [7, 11) is 0. The van der Waals surface area contributed by atoms with Crippen LogP contribution in [0.2, 0.25) is 0 Å². The van der Waals surface area contributed by atoms with E-state index >= 15 is 0 Å². The number of hydrogen-bond acceptors (Lipinski definition) is 2. The molecule has 0 aliphatic rings. The summed E-state index contributed by atoms with van der Waals surface area (Å²) >= 11 is 2.17. The van der Waals surface area contributed by atoms with Crippen LogP contribution in [0.5, 0.6) is 0 Å². The molecule has 0 aliphatic carbocycles. The highest BCUT2D eigenvalue weighted by molar-refractivity contribution is 14.1. The predicted molar refractivity (Wildman–Crippen MR) is 72.5 cm³/mol. The Labute approximate surface area is 109 Å². The number of para-hydroxylation sites is 1. The molecule has 0 fully saturated rings. The highest BCUT2D eigenvalue weighted by Gasteiger charge is 2.11. The molecule has 0 atom stereocenters. The fraction of sp³-hybridized carbons (Fsp3) is 0.364. The molecule has 4 nitrogen and oxygen atoms in total. The average molecular weight is 334 g/mol. The van der Waals surface area contributed by atoms with Crippen molar-refractivity contribution in [1.82, 2.24) is 4.90 Å². The first-order valence-corrected chi connectivity index (χ1v) is 6.18. The van der Waals surface area contributed by atoms with Crippen LogP contribution in [0.15, 0.2) is 24.3 Å². The number of rotatable bonds is 4. The molecule has 16 heavy (non-hydrogen) atoms. The smallest absolute Gasteiger partial charge is 0.321 e. The molecule has 0 spiro atoms. The molecule has 0 saturated carbocycles. The van der Waals surface area contributed by atoms with Gasteiger partial charge in [0, 0.05) is 16.7 Å². The van der Waals surface area contributed by atoms with Gasteiger partial charge in [0.2, 0.25) is 0 Å². The Kier molecular flexibility index (Phi) is 5.54. The van der Waals surface area contributed by atoms with E-state index in [0.29, 0.717) is 13.1 Å². The highest BCUT2D eigenvalue weighted by atomic mass is 127. The fourth-order valence-corrected chi connectivity index (χ4v) is 1.80. The monoisotopic (exact) mass is 334 g/mol. The quantitative estimate of drug-likeness (QED) is 0.829. The van der Waals surface area contributed by atoms with Crippen LogP contribution >= 0.6 is 22.6 Å². The number of aliphatic hydroxyl groups is 1. The molecule has 0 saturated heterocycles. The lowest BCUT2D eigenvalue weighted by Crippen LogP contribution is -2.36. The Morgan fingerprint density at radius 1 is 1.50 bits per heavy atom. The molecule has 0 heterocycles. The van der Waals surface area contributed by atoms with Crippen LogP contribution in [0.25, 0.3) is 0 Å². The molecule has 2 amide bonds. The van der Waals surface area contributed by atoms with Crippen LogP contribution in [0, 0.1) is 3.57 Å². The largest absolute Gasteiger partial charge is 0.395 e. The van der Waals surface area contributed by atoms with E-state index in [0.717, 1.165) is 9.26 Å². The maximum Gasteiger partial charge on any atom is 0.321 e. The number of carbonyl (C=O) groups excluding carboxylic acids is 1. The number of likely N-dealkylation sites (N-methyl/N-ethyl adjacent to an activating group) is 1. The number of aliphatic hydroxyl groups excluding tert-OH is 1. The van der Waals surface area contributed by atoms with Gasteiger partial charge in [-0.15, -0.1) is 0 Å². The summed E-state index contributed by atoms with van der Waals surface area (Å²) in [6, 6.07) is 7.40. The van der Waals surface area contributed by atoms with E-state index in [-0.39, 0.29) is 12.6 Å². The Hall–Kier alpha value is -0.820. The van der Waals surface area contributed by atoms with Crippen molar-refractivity contribution >= 4 is 34.3 Å². The van der Waals surface area contributed by atoms with E-state index in [1.165, 1.54) is 0 Å². The maximum absolute atomic E-state index is 11.8. The summed E-state index contributed by atoms with van der Waals surface area (Å²) in [4.78, 5) is 13.3. The van der Waals surface area contributed by atoms with Gasteiger partial charge in [-0.2, -0.15) is 0 Å². The summed E-state index contributed by atoms with van der Waals surface area (Å²) in [6.07, 6.45) is 0. The zero-order valence-electron chi connectivity index (χ0n) is 9.11. The van der Waals surface area contributed by atoms with E-state index in [9.17, 15) is 4.79 Å². The zero-order chi connectivity index (χ0) is 12.0. The lowest BCUT2D eigenvalue weighted by Gasteiger charge is -2.20. The van der Waals surface area contributed by atoms with Crippen molar-refractivity contribution in [1.29, 1.82) is 0 Å². The fourth-order valence-electron chi connectivity index (χ4n) is 1.28. The molecule has 0 bridgehead atoms. The summed E-state index contributed by atoms with van der Waals surface area (Å²) in [5.41, 5.74) is 0.796. The minimum Gasteiger partial charge on any atom is -0.395 e. The summed E-state index contributed by atoms with van der Waals surface area (Å²) in [6.45, 7) is 2.79. The molecule has 0 radical (unpaired) electrons. The number of urea groups is 1. The van der Waals surface area contributed by atoms with Crippen LogP contribution in [0.1, 0.15) is 6.92 Å². The molecule has 1 aromatic carbocycles. The molecule has 1 rings (SSSR count). The van der Waals surface area contributed by atoms with Gasteiger partial charge >= 0.3 is 6.03 Å². The van der Waals surface area contributed by atoms with E-state index in [1.807, 2.05) is 31.2 Å². The lowest BCUT2D eigenvalue weighted by atomic mass is 10.3. The normalized spacial score (nSPS) is 9.94. The van der Waals surface area contributed by atoms with E-state index < -0.39 is 0 Å². The van der Waals surface area contributed by atoms with E-state index in [1.54, 1.807) is 4.90 Å². The van der Waals surface area contributed by atoms with Crippen molar-refractivity contribution in [2.45, 2.75) is 6.92 Å². The second kappa shape index (κ2) is 6.70. The van der Waals surface area contributed by atoms with Gasteiger partial charge < -0.3 is 15.3 Å². The number of halogens is 1. The first-order chi connectivity index (χ1) is 7.69. The van der Waals surface area contributed by atoms with Gasteiger partial charge in [-0.25, -0.2) is 4.79 Å². The number of amides is 2. The molecular weight excluding hydrogens is 319 g/mol. The lowest BCUT2D eigenvalue weighted by molar-refractivity contribution is 0.192. The van der Waals surface area contributed by atoms with Crippen LogP contribution in [0.3, 0.4) is 0 Å². The summed E-state index contributed by atoms with van der Waals surface area (Å²) in [5, 5.41) is 11.6. The van der Waals surface area contributed by atoms with Crippen molar-refractivity contribution < 1.29 is 9.90 Å². The van der Waals surface area contributed by atoms with Gasteiger partial charge in [-0.05, 0) is 41.6 Å². The maximum atomic E-state index is 11.8. The van der Waals surface area contributed by atoms with Gasteiger partial charge in [0.15, 0.2) is 0 Å². The van der Waals surface area contributed by atoms with E-state index in [4.69, 9.17) is 5.11 Å². The molecule has 88 valence electrons. The summed E-state index contributed by atoms with van der Waals surface area (Å²) < 4.78 is 0.994. The topological polar surface area (TPSA) is 52.6 Å². The number of hydrogen-bond donors (Lipinski definition) is 2. The van der Waals surface area contributed by atoms with Gasteiger partial charge in [-0.3, -0.25) is 0 Å².